The average Bonchev–Trinajstić information content (AvgIpc) is 2.70. The summed E-state index contributed by atoms with van der Waals surface area (Å²) in [6.45, 7) is 9.38. The molecule has 4 heteroatoms. The van der Waals surface area contributed by atoms with E-state index < -0.39 is 5.60 Å². The zero-order valence-electron chi connectivity index (χ0n) is 12.0. The third-order valence-electron chi connectivity index (χ3n) is 4.18. The number of likely N-dealkylation sites (tertiary alicyclic amines) is 1. The Morgan fingerprint density at radius 3 is 2.61 bits per heavy atom. The molecule has 0 spiro atoms. The second-order valence-corrected chi connectivity index (χ2v) is 6.94. The maximum absolute atomic E-state index is 12.2. The van der Waals surface area contributed by atoms with Crippen molar-refractivity contribution in [1.29, 1.82) is 0 Å². The topological polar surface area (TPSA) is 55.6 Å². The number of carbonyl (C=O) groups is 1. The maximum atomic E-state index is 12.2. The summed E-state index contributed by atoms with van der Waals surface area (Å²) in [5.74, 6) is 1.98. The molecule has 18 heavy (non-hydrogen) atoms. The van der Waals surface area contributed by atoms with Crippen LogP contribution in [-0.2, 0) is 4.74 Å². The Bertz CT molecular complexity index is 324. The lowest BCUT2D eigenvalue weighted by molar-refractivity contribution is 0.0204. The molecular formula is C14H26N2O2. The highest BCUT2D eigenvalue weighted by Crippen LogP contribution is 2.44. The van der Waals surface area contributed by atoms with E-state index in [1.54, 1.807) is 0 Å². The standard InChI is InChI=1S/C14H26N2O2/c1-9-5-10-8-16(12(7-15)11(10)6-9)13(17)18-14(2,3)4/h9-12H,5-8,15H2,1-4H3/t9?,10-,11-,12-/m0/s1. The van der Waals surface area contributed by atoms with Crippen LogP contribution < -0.4 is 5.73 Å². The largest absolute Gasteiger partial charge is 0.444 e. The fraction of sp³-hybridized carbons (Fsp3) is 0.929. The number of fused-ring (bicyclic) bond motifs is 1. The van der Waals surface area contributed by atoms with Crippen molar-refractivity contribution in [2.45, 2.75) is 52.2 Å². The summed E-state index contributed by atoms with van der Waals surface area (Å²) in [5.41, 5.74) is 5.45. The van der Waals surface area contributed by atoms with Gasteiger partial charge in [0.1, 0.15) is 5.60 Å². The number of hydrogen-bond donors (Lipinski definition) is 1. The molecule has 2 N–H and O–H groups in total. The Labute approximate surface area is 110 Å². The molecular weight excluding hydrogens is 228 g/mol. The molecule has 1 aliphatic heterocycles. The van der Waals surface area contributed by atoms with Gasteiger partial charge in [-0.1, -0.05) is 6.92 Å². The fourth-order valence-electron chi connectivity index (χ4n) is 3.58. The van der Waals surface area contributed by atoms with Crippen molar-refractivity contribution in [3.63, 3.8) is 0 Å². The van der Waals surface area contributed by atoms with Gasteiger partial charge in [0.15, 0.2) is 0 Å². The maximum Gasteiger partial charge on any atom is 0.410 e. The molecule has 0 radical (unpaired) electrons. The summed E-state index contributed by atoms with van der Waals surface area (Å²) in [5, 5.41) is 0. The van der Waals surface area contributed by atoms with Crippen molar-refractivity contribution >= 4 is 6.09 Å². The van der Waals surface area contributed by atoms with E-state index in [9.17, 15) is 4.79 Å². The van der Waals surface area contributed by atoms with Gasteiger partial charge in [0.25, 0.3) is 0 Å². The third-order valence-corrected chi connectivity index (χ3v) is 4.18. The van der Waals surface area contributed by atoms with Crippen LogP contribution in [-0.4, -0.2) is 35.7 Å². The van der Waals surface area contributed by atoms with Crippen LogP contribution in [0, 0.1) is 17.8 Å². The number of amides is 1. The summed E-state index contributed by atoms with van der Waals surface area (Å²) >= 11 is 0. The van der Waals surface area contributed by atoms with E-state index in [1.165, 1.54) is 12.8 Å². The Hall–Kier alpha value is -0.770. The fourth-order valence-corrected chi connectivity index (χ4v) is 3.58. The summed E-state index contributed by atoms with van der Waals surface area (Å²) in [6, 6.07) is 0.176. The van der Waals surface area contributed by atoms with Gasteiger partial charge in [0.2, 0.25) is 0 Å². The first-order chi connectivity index (χ1) is 8.31. The Morgan fingerprint density at radius 2 is 2.06 bits per heavy atom. The Kier molecular flexibility index (Phi) is 3.58. The molecule has 2 rings (SSSR count). The van der Waals surface area contributed by atoms with Crippen molar-refractivity contribution in [2.24, 2.45) is 23.5 Å². The molecule has 0 aromatic carbocycles. The van der Waals surface area contributed by atoms with Crippen LogP contribution >= 0.6 is 0 Å². The van der Waals surface area contributed by atoms with E-state index in [4.69, 9.17) is 10.5 Å². The summed E-state index contributed by atoms with van der Waals surface area (Å²) in [6.07, 6.45) is 2.23. The Morgan fingerprint density at radius 1 is 1.39 bits per heavy atom. The van der Waals surface area contributed by atoms with E-state index >= 15 is 0 Å². The highest BCUT2D eigenvalue weighted by molar-refractivity contribution is 5.69. The number of carbonyl (C=O) groups excluding carboxylic acids is 1. The smallest absolute Gasteiger partial charge is 0.410 e. The lowest BCUT2D eigenvalue weighted by Gasteiger charge is -2.30. The van der Waals surface area contributed by atoms with Gasteiger partial charge < -0.3 is 15.4 Å². The second-order valence-electron chi connectivity index (χ2n) is 6.94. The first-order valence-corrected chi connectivity index (χ1v) is 7.01. The molecule has 1 unspecified atom stereocenters. The number of hydrogen-bond acceptors (Lipinski definition) is 3. The van der Waals surface area contributed by atoms with E-state index in [-0.39, 0.29) is 12.1 Å². The van der Waals surface area contributed by atoms with Crippen LogP contribution in [0.15, 0.2) is 0 Å². The molecule has 2 fully saturated rings. The van der Waals surface area contributed by atoms with Crippen molar-refractivity contribution in [3.05, 3.63) is 0 Å². The Balaban J connectivity index is 2.04. The quantitative estimate of drug-likeness (QED) is 0.780. The zero-order chi connectivity index (χ0) is 13.5. The predicted octanol–water partition coefficient (Wildman–Crippen LogP) is 2.23. The minimum atomic E-state index is -0.429. The summed E-state index contributed by atoms with van der Waals surface area (Å²) < 4.78 is 5.48. The highest BCUT2D eigenvalue weighted by Gasteiger charge is 2.48. The molecule has 1 heterocycles. The lowest BCUT2D eigenvalue weighted by atomic mass is 9.94. The summed E-state index contributed by atoms with van der Waals surface area (Å²) in [4.78, 5) is 14.1. The minimum Gasteiger partial charge on any atom is -0.444 e. The van der Waals surface area contributed by atoms with Crippen molar-refractivity contribution in [3.8, 4) is 0 Å². The van der Waals surface area contributed by atoms with Crippen LogP contribution in [0.5, 0.6) is 0 Å². The SMILES string of the molecule is CC1C[C@H]2CN(C(=O)OC(C)(C)C)[C@@H](CN)[C@H]2C1. The molecule has 104 valence electrons. The number of ether oxygens (including phenoxy) is 1. The van der Waals surface area contributed by atoms with E-state index in [1.807, 2.05) is 25.7 Å². The number of nitrogens with zero attached hydrogens (tertiary/aromatic N) is 1. The van der Waals surface area contributed by atoms with Gasteiger partial charge in [0, 0.05) is 13.1 Å². The van der Waals surface area contributed by atoms with Crippen molar-refractivity contribution in [1.82, 2.24) is 4.90 Å². The van der Waals surface area contributed by atoms with Gasteiger partial charge >= 0.3 is 6.09 Å². The normalized spacial score (nSPS) is 35.7. The first kappa shape index (κ1) is 13.7. The van der Waals surface area contributed by atoms with Gasteiger partial charge in [-0.05, 0) is 51.4 Å². The molecule has 0 aromatic heterocycles. The van der Waals surface area contributed by atoms with Gasteiger partial charge in [-0.15, -0.1) is 0 Å². The molecule has 1 saturated heterocycles. The number of nitrogens with two attached hydrogens (primary N) is 1. The summed E-state index contributed by atoms with van der Waals surface area (Å²) in [7, 11) is 0. The van der Waals surface area contributed by atoms with Crippen molar-refractivity contribution in [2.75, 3.05) is 13.1 Å². The monoisotopic (exact) mass is 254 g/mol. The van der Waals surface area contributed by atoms with Gasteiger partial charge in [0.05, 0.1) is 6.04 Å². The third kappa shape index (κ3) is 2.63. The minimum absolute atomic E-state index is 0.176. The molecule has 0 aromatic rings. The van der Waals surface area contributed by atoms with Gasteiger partial charge in [-0.25, -0.2) is 4.79 Å². The van der Waals surface area contributed by atoms with Crippen LogP contribution in [0.3, 0.4) is 0 Å². The zero-order valence-corrected chi connectivity index (χ0v) is 12.0. The second kappa shape index (κ2) is 4.72. The molecule has 1 saturated carbocycles. The molecule has 1 amide bonds. The molecule has 1 aliphatic carbocycles. The average molecular weight is 254 g/mol. The molecule has 4 nitrogen and oxygen atoms in total. The van der Waals surface area contributed by atoms with Crippen LogP contribution in [0.4, 0.5) is 4.79 Å². The van der Waals surface area contributed by atoms with Crippen LogP contribution in [0.2, 0.25) is 0 Å². The van der Waals surface area contributed by atoms with E-state index in [0.717, 1.165) is 12.5 Å². The van der Waals surface area contributed by atoms with Crippen LogP contribution in [0.25, 0.3) is 0 Å². The molecule has 0 bridgehead atoms. The van der Waals surface area contributed by atoms with Gasteiger partial charge in [-0.3, -0.25) is 0 Å². The van der Waals surface area contributed by atoms with E-state index in [2.05, 4.69) is 6.92 Å². The highest BCUT2D eigenvalue weighted by atomic mass is 16.6. The van der Waals surface area contributed by atoms with Crippen LogP contribution in [0.1, 0.15) is 40.5 Å². The predicted molar refractivity (Wildman–Crippen MR) is 71.2 cm³/mol. The molecule has 2 aliphatic rings. The molecule has 4 atom stereocenters. The lowest BCUT2D eigenvalue weighted by Crippen LogP contribution is -2.45. The van der Waals surface area contributed by atoms with E-state index in [0.29, 0.717) is 18.4 Å². The van der Waals surface area contributed by atoms with Gasteiger partial charge in [-0.2, -0.15) is 0 Å². The first-order valence-electron chi connectivity index (χ1n) is 7.01. The number of rotatable bonds is 1. The van der Waals surface area contributed by atoms with Crippen molar-refractivity contribution < 1.29 is 9.53 Å².